The largest absolute Gasteiger partial charge is 0.466 e. The first-order valence-electron chi connectivity index (χ1n) is 15.6. The molecule has 230 valence electrons. The van der Waals surface area contributed by atoms with Gasteiger partial charge in [0.25, 0.3) is 0 Å². The van der Waals surface area contributed by atoms with Crippen molar-refractivity contribution in [2.45, 2.75) is 64.4 Å². The Morgan fingerprint density at radius 3 is 2.11 bits per heavy atom. The minimum Gasteiger partial charge on any atom is -0.466 e. The molecular formula is C38H39N3O4. The van der Waals surface area contributed by atoms with Crippen LogP contribution in [0.25, 0.3) is 11.6 Å². The van der Waals surface area contributed by atoms with Crippen LogP contribution in [-0.4, -0.2) is 34.4 Å². The summed E-state index contributed by atoms with van der Waals surface area (Å²) in [5, 5.41) is 0. The highest BCUT2D eigenvalue weighted by molar-refractivity contribution is 6.14. The van der Waals surface area contributed by atoms with Crippen molar-refractivity contribution < 1.29 is 19.3 Å². The SMILES string of the molecule is COOC(=O)C[C@H]1CC[C@H](c2ccc(C3=Cc4c(N=C(c5ccccc5)c5ccccc5)nc(C)nc4OC3(C)C)cc2)CC1. The zero-order valence-electron chi connectivity index (χ0n) is 26.3. The molecule has 1 aromatic heterocycles. The maximum Gasteiger partial charge on any atom is 0.342 e. The molecule has 3 aromatic carbocycles. The van der Waals surface area contributed by atoms with Crippen LogP contribution in [0.2, 0.25) is 0 Å². The molecule has 7 heteroatoms. The number of aromatic nitrogens is 2. The Morgan fingerprint density at radius 2 is 1.51 bits per heavy atom. The number of hydrogen-bond acceptors (Lipinski definition) is 7. The van der Waals surface area contributed by atoms with Gasteiger partial charge in [-0.05, 0) is 75.5 Å². The fourth-order valence-corrected chi connectivity index (χ4v) is 6.47. The number of rotatable bonds is 8. The summed E-state index contributed by atoms with van der Waals surface area (Å²) in [5.74, 6) is 2.26. The number of nitrogens with zero attached hydrogens (tertiary/aromatic N) is 3. The highest BCUT2D eigenvalue weighted by Gasteiger charge is 2.34. The third kappa shape index (κ3) is 6.89. The second kappa shape index (κ2) is 13.2. The van der Waals surface area contributed by atoms with Gasteiger partial charge in [-0.15, -0.1) is 0 Å². The van der Waals surface area contributed by atoms with Gasteiger partial charge in [-0.25, -0.2) is 14.8 Å². The second-order valence-electron chi connectivity index (χ2n) is 12.3. The van der Waals surface area contributed by atoms with E-state index < -0.39 is 5.60 Å². The Labute approximate surface area is 265 Å². The maximum absolute atomic E-state index is 11.8. The Kier molecular flexibility index (Phi) is 8.90. The van der Waals surface area contributed by atoms with E-state index >= 15 is 0 Å². The monoisotopic (exact) mass is 601 g/mol. The van der Waals surface area contributed by atoms with Crippen LogP contribution in [0.15, 0.2) is 89.9 Å². The van der Waals surface area contributed by atoms with E-state index in [9.17, 15) is 4.79 Å². The lowest BCUT2D eigenvalue weighted by Crippen LogP contribution is -2.33. The summed E-state index contributed by atoms with van der Waals surface area (Å²) in [5.41, 5.74) is 6.49. The highest BCUT2D eigenvalue weighted by atomic mass is 17.2. The number of carbonyl (C=O) groups is 1. The van der Waals surface area contributed by atoms with Crippen LogP contribution in [0, 0.1) is 12.8 Å². The summed E-state index contributed by atoms with van der Waals surface area (Å²) in [4.78, 5) is 35.7. The minimum absolute atomic E-state index is 0.289. The Hall–Kier alpha value is -4.62. The summed E-state index contributed by atoms with van der Waals surface area (Å²) in [7, 11) is 1.36. The molecule has 0 amide bonds. The molecule has 0 atom stereocenters. The summed E-state index contributed by atoms with van der Waals surface area (Å²) < 4.78 is 6.57. The molecule has 45 heavy (non-hydrogen) atoms. The van der Waals surface area contributed by atoms with Gasteiger partial charge in [-0.1, -0.05) is 84.9 Å². The quantitative estimate of drug-likeness (QED) is 0.115. The smallest absolute Gasteiger partial charge is 0.342 e. The van der Waals surface area contributed by atoms with E-state index in [-0.39, 0.29) is 5.97 Å². The van der Waals surface area contributed by atoms with Gasteiger partial charge in [-0.3, -0.25) is 4.89 Å². The molecule has 6 rings (SSSR count). The van der Waals surface area contributed by atoms with Crippen molar-refractivity contribution in [3.05, 3.63) is 119 Å². The lowest BCUT2D eigenvalue weighted by atomic mass is 9.77. The number of carbonyl (C=O) groups excluding carboxylic acids is 1. The van der Waals surface area contributed by atoms with E-state index in [4.69, 9.17) is 14.7 Å². The van der Waals surface area contributed by atoms with Crippen LogP contribution in [0.3, 0.4) is 0 Å². The standard InChI is InChI=1S/C38H39N3O4/c1-25-39-36(41-35(30-11-7-5-8-12-30)31-13-9-6-10-14-31)32-24-33(38(2,3)44-37(32)40-25)29-21-19-28(20-22-29)27-17-15-26(16-18-27)23-34(42)45-43-4/h5-14,19-22,24,26-27H,15-18,23H2,1-4H3/t26-,27-. The van der Waals surface area contributed by atoms with Crippen LogP contribution >= 0.6 is 0 Å². The number of hydrogen-bond donors (Lipinski definition) is 0. The van der Waals surface area contributed by atoms with Crippen molar-refractivity contribution in [1.82, 2.24) is 9.97 Å². The summed E-state index contributed by atoms with van der Waals surface area (Å²) >= 11 is 0. The highest BCUT2D eigenvalue weighted by Crippen LogP contribution is 2.43. The van der Waals surface area contributed by atoms with Crippen molar-refractivity contribution in [1.29, 1.82) is 0 Å². The molecule has 0 radical (unpaired) electrons. The number of aryl methyl sites for hydroxylation is 1. The Bertz CT molecular complexity index is 1660. The molecule has 2 heterocycles. The third-order valence-electron chi connectivity index (χ3n) is 8.78. The van der Waals surface area contributed by atoms with Crippen LogP contribution < -0.4 is 4.74 Å². The first-order valence-corrected chi connectivity index (χ1v) is 15.6. The lowest BCUT2D eigenvalue weighted by Gasteiger charge is -2.34. The van der Waals surface area contributed by atoms with Gasteiger partial charge in [0, 0.05) is 16.7 Å². The van der Waals surface area contributed by atoms with E-state index in [1.165, 1.54) is 12.7 Å². The summed E-state index contributed by atoms with van der Waals surface area (Å²) in [6, 6.07) is 29.2. The normalized spacial score (nSPS) is 18.6. The molecule has 7 nitrogen and oxygen atoms in total. The fraction of sp³-hybridized carbons (Fsp3) is 0.316. The average Bonchev–Trinajstić information content (AvgIpc) is 3.04. The minimum atomic E-state index is -0.604. The van der Waals surface area contributed by atoms with Crippen LogP contribution in [-0.2, 0) is 14.6 Å². The molecule has 1 fully saturated rings. The van der Waals surface area contributed by atoms with E-state index in [1.54, 1.807) is 0 Å². The van der Waals surface area contributed by atoms with Crippen LogP contribution in [0.4, 0.5) is 5.82 Å². The first kappa shape index (κ1) is 30.4. The number of ether oxygens (including phenoxy) is 1. The number of fused-ring (bicyclic) bond motifs is 1. The topological polar surface area (TPSA) is 82.9 Å². The van der Waals surface area contributed by atoms with Crippen molar-refractivity contribution >= 4 is 29.1 Å². The third-order valence-corrected chi connectivity index (χ3v) is 8.78. The van der Waals surface area contributed by atoms with Gasteiger partial charge in [0.05, 0.1) is 24.8 Å². The summed E-state index contributed by atoms with van der Waals surface area (Å²) in [6.07, 6.45) is 6.67. The van der Waals surface area contributed by atoms with Crippen molar-refractivity contribution in [3.63, 3.8) is 0 Å². The predicted molar refractivity (Wildman–Crippen MR) is 176 cm³/mol. The van der Waals surface area contributed by atoms with E-state index in [0.29, 0.717) is 35.8 Å². The van der Waals surface area contributed by atoms with Crippen molar-refractivity contribution in [2.24, 2.45) is 10.9 Å². The van der Waals surface area contributed by atoms with Crippen LogP contribution in [0.5, 0.6) is 5.88 Å². The number of benzene rings is 3. The van der Waals surface area contributed by atoms with Crippen molar-refractivity contribution in [3.8, 4) is 5.88 Å². The predicted octanol–water partition coefficient (Wildman–Crippen LogP) is 8.43. The lowest BCUT2D eigenvalue weighted by molar-refractivity contribution is -0.255. The van der Waals surface area contributed by atoms with Crippen LogP contribution in [0.1, 0.15) is 85.5 Å². The molecule has 0 spiro atoms. The van der Waals surface area contributed by atoms with Gasteiger partial charge in [0.2, 0.25) is 5.88 Å². The molecule has 0 unspecified atom stereocenters. The number of aliphatic imine (C=N–C) groups is 1. The molecule has 0 bridgehead atoms. The molecule has 1 aliphatic carbocycles. The molecule has 1 aliphatic heterocycles. The zero-order valence-corrected chi connectivity index (χ0v) is 26.3. The Morgan fingerprint density at radius 1 is 0.889 bits per heavy atom. The average molecular weight is 602 g/mol. The van der Waals surface area contributed by atoms with Gasteiger partial charge >= 0.3 is 5.97 Å². The molecular weight excluding hydrogens is 562 g/mol. The van der Waals surface area contributed by atoms with E-state index in [0.717, 1.165) is 59.2 Å². The van der Waals surface area contributed by atoms with Crippen molar-refractivity contribution in [2.75, 3.05) is 7.11 Å². The second-order valence-corrected chi connectivity index (χ2v) is 12.3. The molecule has 1 saturated carbocycles. The fourth-order valence-electron chi connectivity index (χ4n) is 6.47. The van der Waals surface area contributed by atoms with Gasteiger partial charge in [0.1, 0.15) is 11.4 Å². The van der Waals surface area contributed by atoms with E-state index in [2.05, 4.69) is 83.2 Å². The van der Waals surface area contributed by atoms with Gasteiger partial charge in [-0.2, -0.15) is 9.87 Å². The molecule has 0 saturated heterocycles. The molecule has 4 aromatic rings. The molecule has 2 aliphatic rings. The maximum atomic E-state index is 11.8. The Balaban J connectivity index is 1.31. The van der Waals surface area contributed by atoms with Gasteiger partial charge < -0.3 is 4.74 Å². The van der Waals surface area contributed by atoms with E-state index in [1.807, 2.05) is 43.3 Å². The summed E-state index contributed by atoms with van der Waals surface area (Å²) in [6.45, 7) is 6.02. The zero-order chi connectivity index (χ0) is 31.4. The van der Waals surface area contributed by atoms with Gasteiger partial charge in [0.15, 0.2) is 5.82 Å². The first-order chi connectivity index (χ1) is 21.8. The molecule has 0 N–H and O–H groups in total.